The van der Waals surface area contributed by atoms with Crippen LogP contribution in [0.4, 0.5) is 0 Å². The molecule has 0 bridgehead atoms. The zero-order chi connectivity index (χ0) is 14.5. The molecule has 0 aliphatic rings. The molecule has 0 saturated heterocycles. The largest absolute Gasteiger partial charge is 0.462 e. The van der Waals surface area contributed by atoms with Crippen molar-refractivity contribution in [2.75, 3.05) is 6.61 Å². The fourth-order valence-corrected chi connectivity index (χ4v) is 2.20. The van der Waals surface area contributed by atoms with Gasteiger partial charge in [-0.25, -0.2) is 4.79 Å². The second kappa shape index (κ2) is 6.53. The van der Waals surface area contributed by atoms with Crippen LogP contribution >= 0.6 is 11.6 Å². The Morgan fingerprint density at radius 1 is 1.05 bits per heavy atom. The quantitative estimate of drug-likeness (QED) is 0.471. The number of hydrogen-bond acceptors (Lipinski definition) is 3. The summed E-state index contributed by atoms with van der Waals surface area (Å²) in [5.74, 6) is -0.372. The molecule has 0 atom stereocenters. The highest BCUT2D eigenvalue weighted by molar-refractivity contribution is 6.68. The summed E-state index contributed by atoms with van der Waals surface area (Å²) in [6, 6.07) is 10.3. The first-order chi connectivity index (χ1) is 9.65. The summed E-state index contributed by atoms with van der Waals surface area (Å²) in [6.07, 6.45) is 1.80. The lowest BCUT2D eigenvalue weighted by molar-refractivity contribution is 0.0502. The maximum Gasteiger partial charge on any atom is 0.338 e. The van der Waals surface area contributed by atoms with Gasteiger partial charge in [0.15, 0.2) is 0 Å². The number of rotatable bonds is 5. The van der Waals surface area contributed by atoms with Crippen molar-refractivity contribution in [2.24, 2.45) is 0 Å². The van der Waals surface area contributed by atoms with Crippen molar-refractivity contribution in [2.45, 2.75) is 19.8 Å². The smallest absolute Gasteiger partial charge is 0.338 e. The van der Waals surface area contributed by atoms with Crippen LogP contribution in [0.15, 0.2) is 36.4 Å². The van der Waals surface area contributed by atoms with Crippen LogP contribution in [0.5, 0.6) is 0 Å². The van der Waals surface area contributed by atoms with Crippen LogP contribution in [0.25, 0.3) is 10.8 Å². The first kappa shape index (κ1) is 14.5. The predicted molar refractivity (Wildman–Crippen MR) is 79.3 cm³/mol. The van der Waals surface area contributed by atoms with E-state index >= 15 is 0 Å². The third kappa shape index (κ3) is 2.99. The Bertz CT molecular complexity index is 649. The monoisotopic (exact) mass is 290 g/mol. The molecule has 0 aliphatic carbocycles. The molecule has 0 saturated carbocycles. The van der Waals surface area contributed by atoms with Gasteiger partial charge in [-0.15, -0.1) is 0 Å². The Morgan fingerprint density at radius 3 is 2.25 bits per heavy atom. The van der Waals surface area contributed by atoms with Crippen LogP contribution in [-0.4, -0.2) is 17.8 Å². The summed E-state index contributed by atoms with van der Waals surface area (Å²) in [5.41, 5.74) is 0.853. The van der Waals surface area contributed by atoms with Crippen LogP contribution in [0.1, 0.15) is 40.5 Å². The number of ether oxygens (including phenoxy) is 1. The van der Waals surface area contributed by atoms with Gasteiger partial charge >= 0.3 is 5.97 Å². The van der Waals surface area contributed by atoms with E-state index in [2.05, 4.69) is 0 Å². The van der Waals surface area contributed by atoms with Gasteiger partial charge in [0, 0.05) is 5.56 Å². The number of fused-ring (bicyclic) bond motifs is 1. The van der Waals surface area contributed by atoms with E-state index in [-0.39, 0.29) is 5.97 Å². The van der Waals surface area contributed by atoms with Crippen molar-refractivity contribution >= 4 is 33.6 Å². The van der Waals surface area contributed by atoms with Crippen molar-refractivity contribution in [1.82, 2.24) is 0 Å². The third-order valence-corrected chi connectivity index (χ3v) is 3.29. The summed E-state index contributed by atoms with van der Waals surface area (Å²) < 4.78 is 5.22. The summed E-state index contributed by atoms with van der Waals surface area (Å²) >= 11 is 5.56. The van der Waals surface area contributed by atoms with E-state index < -0.39 is 5.24 Å². The molecule has 2 rings (SSSR count). The standard InChI is InChI=1S/C16H15ClO3/c1-2-3-10-20-16(19)14-9-8-13(15(17)18)11-6-4-5-7-12(11)14/h4-9H,2-3,10H2,1H3. The van der Waals surface area contributed by atoms with Crippen molar-refractivity contribution < 1.29 is 14.3 Å². The van der Waals surface area contributed by atoms with Gasteiger partial charge in [-0.1, -0.05) is 37.6 Å². The molecule has 4 heteroatoms. The van der Waals surface area contributed by atoms with Gasteiger partial charge in [0.25, 0.3) is 5.24 Å². The van der Waals surface area contributed by atoms with Gasteiger partial charge in [0.05, 0.1) is 12.2 Å². The number of benzene rings is 2. The average molecular weight is 291 g/mol. The van der Waals surface area contributed by atoms with E-state index in [0.29, 0.717) is 28.5 Å². The molecule has 0 aromatic heterocycles. The molecular formula is C16H15ClO3. The minimum atomic E-state index is -0.535. The van der Waals surface area contributed by atoms with Gasteiger partial charge in [-0.05, 0) is 40.9 Å². The lowest BCUT2D eigenvalue weighted by atomic mass is 10.00. The molecule has 0 spiro atoms. The van der Waals surface area contributed by atoms with Gasteiger partial charge < -0.3 is 4.74 Å². The Morgan fingerprint density at radius 2 is 1.65 bits per heavy atom. The zero-order valence-corrected chi connectivity index (χ0v) is 11.9. The summed E-state index contributed by atoms with van der Waals surface area (Å²) in [5, 5.41) is 0.810. The Balaban J connectivity index is 2.43. The molecular weight excluding hydrogens is 276 g/mol. The topological polar surface area (TPSA) is 43.4 Å². The molecule has 0 fully saturated rings. The lowest BCUT2D eigenvalue weighted by Gasteiger charge is -2.09. The minimum absolute atomic E-state index is 0.372. The number of carbonyl (C=O) groups is 2. The maximum atomic E-state index is 12.1. The highest BCUT2D eigenvalue weighted by atomic mass is 35.5. The molecule has 3 nitrogen and oxygen atoms in total. The second-order valence-electron chi connectivity index (χ2n) is 4.47. The fourth-order valence-electron chi connectivity index (χ4n) is 2.04. The van der Waals surface area contributed by atoms with E-state index in [1.807, 2.05) is 13.0 Å². The number of carbonyl (C=O) groups excluding carboxylic acids is 2. The number of esters is 1. The van der Waals surface area contributed by atoms with Crippen LogP contribution in [-0.2, 0) is 4.74 Å². The molecule has 2 aromatic carbocycles. The number of halogens is 1. The fraction of sp³-hybridized carbons (Fsp3) is 0.250. The van der Waals surface area contributed by atoms with Crippen LogP contribution in [0.2, 0.25) is 0 Å². The SMILES string of the molecule is CCCCOC(=O)c1ccc(C(=O)Cl)c2ccccc12. The van der Waals surface area contributed by atoms with E-state index in [1.165, 1.54) is 0 Å². The zero-order valence-electron chi connectivity index (χ0n) is 11.2. The lowest BCUT2D eigenvalue weighted by Crippen LogP contribution is -2.07. The van der Waals surface area contributed by atoms with E-state index in [9.17, 15) is 9.59 Å². The van der Waals surface area contributed by atoms with Crippen LogP contribution in [0, 0.1) is 0 Å². The molecule has 0 unspecified atom stereocenters. The van der Waals surface area contributed by atoms with E-state index in [1.54, 1.807) is 30.3 Å². The Labute approximate surface area is 122 Å². The van der Waals surface area contributed by atoms with Crippen LogP contribution < -0.4 is 0 Å². The van der Waals surface area contributed by atoms with Gasteiger partial charge in [-0.3, -0.25) is 4.79 Å². The molecule has 0 N–H and O–H groups in total. The van der Waals surface area contributed by atoms with Gasteiger partial charge in [-0.2, -0.15) is 0 Å². The first-order valence-electron chi connectivity index (χ1n) is 6.54. The van der Waals surface area contributed by atoms with Gasteiger partial charge in [0.1, 0.15) is 0 Å². The number of unbranched alkanes of at least 4 members (excludes halogenated alkanes) is 1. The average Bonchev–Trinajstić information content (AvgIpc) is 2.46. The summed E-state index contributed by atoms with van der Waals surface area (Å²) in [7, 11) is 0. The Hall–Kier alpha value is -1.87. The molecule has 0 radical (unpaired) electrons. The second-order valence-corrected chi connectivity index (χ2v) is 4.81. The van der Waals surface area contributed by atoms with Crippen LogP contribution in [0.3, 0.4) is 0 Å². The van der Waals surface area contributed by atoms with Crippen molar-refractivity contribution in [3.8, 4) is 0 Å². The Kier molecular flexibility index (Phi) is 4.74. The van der Waals surface area contributed by atoms with Crippen molar-refractivity contribution in [3.63, 3.8) is 0 Å². The molecule has 20 heavy (non-hydrogen) atoms. The molecule has 0 heterocycles. The maximum absolute atomic E-state index is 12.1. The third-order valence-electron chi connectivity index (χ3n) is 3.09. The van der Waals surface area contributed by atoms with Gasteiger partial charge in [0.2, 0.25) is 0 Å². The normalized spacial score (nSPS) is 10.5. The molecule has 0 aliphatic heterocycles. The van der Waals surface area contributed by atoms with Crippen molar-refractivity contribution in [1.29, 1.82) is 0 Å². The minimum Gasteiger partial charge on any atom is -0.462 e. The number of hydrogen-bond donors (Lipinski definition) is 0. The van der Waals surface area contributed by atoms with E-state index in [0.717, 1.165) is 12.8 Å². The molecule has 104 valence electrons. The molecule has 2 aromatic rings. The highest BCUT2D eigenvalue weighted by Crippen LogP contribution is 2.24. The first-order valence-corrected chi connectivity index (χ1v) is 6.91. The molecule has 0 amide bonds. The van der Waals surface area contributed by atoms with E-state index in [4.69, 9.17) is 16.3 Å². The summed E-state index contributed by atoms with van der Waals surface area (Å²) in [6.45, 7) is 2.43. The highest BCUT2D eigenvalue weighted by Gasteiger charge is 2.15. The van der Waals surface area contributed by atoms with Crippen molar-refractivity contribution in [3.05, 3.63) is 47.5 Å². The summed E-state index contributed by atoms with van der Waals surface area (Å²) in [4.78, 5) is 23.5. The predicted octanol–water partition coefficient (Wildman–Crippen LogP) is 4.18.